The molecule has 192 valence electrons. The first-order valence-electron chi connectivity index (χ1n) is 12.0. The quantitative estimate of drug-likeness (QED) is 0.316. The molecule has 0 aromatic heterocycles. The van der Waals surface area contributed by atoms with Gasteiger partial charge in [-0.3, -0.25) is 19.3 Å². The second kappa shape index (κ2) is 11.4. The first-order valence-corrected chi connectivity index (χ1v) is 12.6. The van der Waals surface area contributed by atoms with E-state index < -0.39 is 12.2 Å². The van der Waals surface area contributed by atoms with Gasteiger partial charge in [0, 0.05) is 75.2 Å². The molecule has 0 spiro atoms. The topological polar surface area (TPSA) is 122 Å². The van der Waals surface area contributed by atoms with Crippen molar-refractivity contribution in [3.05, 3.63) is 58.7 Å². The first kappa shape index (κ1) is 26.1. The van der Waals surface area contributed by atoms with Gasteiger partial charge in [0.05, 0.1) is 29.2 Å². The van der Waals surface area contributed by atoms with E-state index in [0.29, 0.717) is 55.2 Å². The van der Waals surface area contributed by atoms with Crippen molar-refractivity contribution in [2.45, 2.75) is 19.1 Å². The minimum atomic E-state index is -0.811. The summed E-state index contributed by atoms with van der Waals surface area (Å²) in [6.45, 7) is 4.92. The molecular formula is C26H31ClN4O5. The molecule has 1 saturated heterocycles. The zero-order valence-corrected chi connectivity index (χ0v) is 20.9. The molecule has 2 aromatic rings. The van der Waals surface area contributed by atoms with E-state index in [9.17, 15) is 24.6 Å². The van der Waals surface area contributed by atoms with Gasteiger partial charge >= 0.3 is 0 Å². The van der Waals surface area contributed by atoms with Gasteiger partial charge in [0.15, 0.2) is 11.6 Å². The first-order chi connectivity index (χ1) is 17.3. The van der Waals surface area contributed by atoms with E-state index in [-0.39, 0.29) is 47.6 Å². The second-order valence-electron chi connectivity index (χ2n) is 9.14. The number of hydrogen-bond donors (Lipinski definition) is 4. The maximum absolute atomic E-state index is 13.5. The van der Waals surface area contributed by atoms with Crippen LogP contribution >= 0.6 is 11.6 Å². The number of rotatable bonds is 9. The number of halogens is 1. The number of fused-ring (bicyclic) bond motifs is 2. The Morgan fingerprint density at radius 3 is 1.86 bits per heavy atom. The summed E-state index contributed by atoms with van der Waals surface area (Å²) < 4.78 is 0. The maximum Gasteiger partial charge on any atom is 0.219 e. The van der Waals surface area contributed by atoms with Gasteiger partial charge < -0.3 is 25.7 Å². The molecule has 1 aliphatic heterocycles. The predicted octanol–water partition coefficient (Wildman–Crippen LogP) is 1.41. The van der Waals surface area contributed by atoms with Gasteiger partial charge in [-0.2, -0.15) is 0 Å². The standard InChI is InChI=1S/C26H31ClN4O5/c1-16(32)31-10-8-30(9-11-31)15-18(34)14-29-22-7-6-21(28-13-17(33)12-27)23-24(22)26(36)20-5-3-2-4-19(20)25(23)35/h2-7,17-18,28-29,33-34H,8-15H2,1H3. The van der Waals surface area contributed by atoms with Gasteiger partial charge in [-0.1, -0.05) is 24.3 Å². The summed E-state index contributed by atoms with van der Waals surface area (Å²) in [6, 6.07) is 10.1. The van der Waals surface area contributed by atoms with Crippen molar-refractivity contribution >= 4 is 40.4 Å². The molecule has 36 heavy (non-hydrogen) atoms. The molecule has 2 aliphatic rings. The van der Waals surface area contributed by atoms with Crippen molar-refractivity contribution in [3.8, 4) is 0 Å². The number of benzene rings is 2. The van der Waals surface area contributed by atoms with E-state index in [4.69, 9.17) is 11.6 Å². The Hall–Kier alpha value is -2.98. The molecule has 1 aliphatic carbocycles. The number of alkyl halides is 1. The van der Waals surface area contributed by atoms with E-state index in [0.717, 1.165) is 0 Å². The van der Waals surface area contributed by atoms with Crippen LogP contribution < -0.4 is 10.6 Å². The van der Waals surface area contributed by atoms with Gasteiger partial charge in [0.25, 0.3) is 0 Å². The summed E-state index contributed by atoms with van der Waals surface area (Å²) in [4.78, 5) is 42.3. The zero-order chi connectivity index (χ0) is 25.8. The van der Waals surface area contributed by atoms with Crippen molar-refractivity contribution in [2.24, 2.45) is 0 Å². The highest BCUT2D eigenvalue weighted by Gasteiger charge is 2.34. The number of nitrogens with zero attached hydrogens (tertiary/aromatic N) is 2. The number of anilines is 2. The number of piperazine rings is 1. The SMILES string of the molecule is CC(=O)N1CCN(CC(O)CNc2ccc(NCC(O)CCl)c3c2C(=O)c2ccccc2C3=O)CC1. The van der Waals surface area contributed by atoms with Gasteiger partial charge in [-0.15, -0.1) is 11.6 Å². The third-order valence-corrected chi connectivity index (χ3v) is 6.95. The molecule has 1 amide bonds. The number of β-amino-alcohol motifs (C(OH)–C–C–N with tert-alkyl or cyclic N) is 1. The highest BCUT2D eigenvalue weighted by molar-refractivity contribution is 6.31. The minimum Gasteiger partial charge on any atom is -0.390 e. The number of ketones is 2. The van der Waals surface area contributed by atoms with E-state index in [1.165, 1.54) is 0 Å². The lowest BCUT2D eigenvalue weighted by atomic mass is 9.82. The Balaban J connectivity index is 1.52. The van der Waals surface area contributed by atoms with Crippen LogP contribution in [0.4, 0.5) is 11.4 Å². The van der Waals surface area contributed by atoms with Crippen LogP contribution in [-0.4, -0.2) is 101 Å². The molecule has 0 bridgehead atoms. The number of carbonyl (C=O) groups excluding carboxylic acids is 3. The van der Waals surface area contributed by atoms with Crippen LogP contribution in [0.15, 0.2) is 36.4 Å². The van der Waals surface area contributed by atoms with Crippen LogP contribution in [0.25, 0.3) is 0 Å². The molecule has 0 radical (unpaired) electrons. The fourth-order valence-corrected chi connectivity index (χ4v) is 4.74. The fourth-order valence-electron chi connectivity index (χ4n) is 4.64. The van der Waals surface area contributed by atoms with Crippen molar-refractivity contribution in [1.82, 2.24) is 9.80 Å². The minimum absolute atomic E-state index is 0.0340. The third-order valence-electron chi connectivity index (χ3n) is 6.60. The van der Waals surface area contributed by atoms with E-state index in [1.54, 1.807) is 48.2 Å². The molecule has 4 N–H and O–H groups in total. The predicted molar refractivity (Wildman–Crippen MR) is 138 cm³/mol. The number of nitrogens with one attached hydrogen (secondary N) is 2. The molecule has 1 heterocycles. The average Bonchev–Trinajstić information content (AvgIpc) is 2.89. The number of aliphatic hydroxyl groups is 2. The Morgan fingerprint density at radius 1 is 0.889 bits per heavy atom. The summed E-state index contributed by atoms with van der Waals surface area (Å²) in [7, 11) is 0. The summed E-state index contributed by atoms with van der Waals surface area (Å²) in [5.74, 6) is -0.473. The molecule has 10 heteroatoms. The van der Waals surface area contributed by atoms with Crippen molar-refractivity contribution < 1.29 is 24.6 Å². The van der Waals surface area contributed by atoms with E-state index in [2.05, 4.69) is 15.5 Å². The zero-order valence-electron chi connectivity index (χ0n) is 20.2. The molecule has 2 aromatic carbocycles. The normalized spacial score (nSPS) is 17.3. The number of amides is 1. The summed E-state index contributed by atoms with van der Waals surface area (Å²) >= 11 is 5.70. The molecule has 2 atom stereocenters. The Kier molecular flexibility index (Phi) is 8.25. The monoisotopic (exact) mass is 514 g/mol. The van der Waals surface area contributed by atoms with Crippen molar-refractivity contribution in [3.63, 3.8) is 0 Å². The largest absolute Gasteiger partial charge is 0.390 e. The lowest BCUT2D eigenvalue weighted by Gasteiger charge is -2.35. The molecule has 4 rings (SSSR count). The van der Waals surface area contributed by atoms with Gasteiger partial charge in [-0.05, 0) is 12.1 Å². The smallest absolute Gasteiger partial charge is 0.219 e. The lowest BCUT2D eigenvalue weighted by molar-refractivity contribution is -0.130. The Bertz CT molecular complexity index is 1150. The number of hydrogen-bond acceptors (Lipinski definition) is 8. The lowest BCUT2D eigenvalue weighted by Crippen LogP contribution is -2.50. The summed E-state index contributed by atoms with van der Waals surface area (Å²) in [5.41, 5.74) is 2.04. The highest BCUT2D eigenvalue weighted by atomic mass is 35.5. The molecular weight excluding hydrogens is 484 g/mol. The van der Waals surface area contributed by atoms with Crippen LogP contribution in [0.5, 0.6) is 0 Å². The Morgan fingerprint density at radius 2 is 1.39 bits per heavy atom. The van der Waals surface area contributed by atoms with Gasteiger partial charge in [0.2, 0.25) is 5.91 Å². The van der Waals surface area contributed by atoms with Gasteiger partial charge in [-0.25, -0.2) is 0 Å². The van der Waals surface area contributed by atoms with Crippen LogP contribution in [0.2, 0.25) is 0 Å². The average molecular weight is 515 g/mol. The summed E-state index contributed by atoms with van der Waals surface area (Å²) in [5, 5.41) is 26.7. The Labute approximate surface area is 215 Å². The van der Waals surface area contributed by atoms with E-state index >= 15 is 0 Å². The van der Waals surface area contributed by atoms with Gasteiger partial charge in [0.1, 0.15) is 0 Å². The van der Waals surface area contributed by atoms with Crippen LogP contribution in [0.1, 0.15) is 38.8 Å². The molecule has 1 fully saturated rings. The number of carbonyl (C=O) groups is 3. The van der Waals surface area contributed by atoms with Crippen LogP contribution in [0.3, 0.4) is 0 Å². The van der Waals surface area contributed by atoms with Crippen LogP contribution in [0, 0.1) is 0 Å². The number of aliphatic hydroxyl groups excluding tert-OH is 2. The van der Waals surface area contributed by atoms with Crippen molar-refractivity contribution in [2.75, 3.05) is 62.3 Å². The second-order valence-corrected chi connectivity index (χ2v) is 9.45. The molecule has 0 saturated carbocycles. The maximum atomic E-state index is 13.5. The summed E-state index contributed by atoms with van der Waals surface area (Å²) in [6.07, 6.45) is -1.53. The molecule has 2 unspecified atom stereocenters. The third kappa shape index (κ3) is 5.54. The highest BCUT2D eigenvalue weighted by Crippen LogP contribution is 2.36. The van der Waals surface area contributed by atoms with E-state index in [1.807, 2.05) is 0 Å². The van der Waals surface area contributed by atoms with Crippen molar-refractivity contribution in [1.29, 1.82) is 0 Å². The molecule has 9 nitrogen and oxygen atoms in total. The fraction of sp³-hybridized carbons (Fsp3) is 0.423. The van der Waals surface area contributed by atoms with Crippen LogP contribution in [-0.2, 0) is 4.79 Å².